The number of ether oxygens (including phenoxy) is 1. The van der Waals surface area contributed by atoms with Gasteiger partial charge >= 0.3 is 0 Å². The standard InChI is InChI=1S/C26H27N5O2.C3H8/c1-4-17-11-18(5-7-23(17)26(32)29-19-14-27-15-19)24-12-21(9-10-28-24)33-20-6-8-22-16(2)30-31(3)25(22)13-20;1-3-2/h5-13,19,27H,4,14-15H2,1-3H3,(H,29,32);3H2,1-2H3. The van der Waals surface area contributed by atoms with Crippen molar-refractivity contribution in [3.05, 3.63) is 71.5 Å². The second kappa shape index (κ2) is 11.4. The van der Waals surface area contributed by atoms with Crippen molar-refractivity contribution in [2.45, 2.75) is 46.6 Å². The summed E-state index contributed by atoms with van der Waals surface area (Å²) in [5.41, 5.74) is 5.51. The highest BCUT2D eigenvalue weighted by Gasteiger charge is 2.21. The van der Waals surface area contributed by atoms with Gasteiger partial charge in [-0.05, 0) is 49.2 Å². The molecule has 3 heterocycles. The molecule has 1 saturated heterocycles. The summed E-state index contributed by atoms with van der Waals surface area (Å²) in [6.07, 6.45) is 3.76. The van der Waals surface area contributed by atoms with Crippen LogP contribution in [0, 0.1) is 6.92 Å². The van der Waals surface area contributed by atoms with Gasteiger partial charge in [0, 0.05) is 55.0 Å². The van der Waals surface area contributed by atoms with Crippen LogP contribution in [0.3, 0.4) is 0 Å². The van der Waals surface area contributed by atoms with Gasteiger partial charge in [0.25, 0.3) is 5.91 Å². The van der Waals surface area contributed by atoms with Gasteiger partial charge in [-0.3, -0.25) is 14.5 Å². The Morgan fingerprint density at radius 3 is 2.53 bits per heavy atom. The zero-order valence-electron chi connectivity index (χ0n) is 21.8. The molecule has 0 bridgehead atoms. The Labute approximate surface area is 212 Å². The Kier molecular flexibility index (Phi) is 8.00. The monoisotopic (exact) mass is 485 g/mol. The van der Waals surface area contributed by atoms with Crippen molar-refractivity contribution in [3.63, 3.8) is 0 Å². The molecule has 7 nitrogen and oxygen atoms in total. The Morgan fingerprint density at radius 2 is 1.83 bits per heavy atom. The van der Waals surface area contributed by atoms with Crippen LogP contribution in [0.5, 0.6) is 11.5 Å². The Hall–Kier alpha value is -3.71. The average molecular weight is 486 g/mol. The van der Waals surface area contributed by atoms with Crippen LogP contribution < -0.4 is 15.4 Å². The molecule has 2 N–H and O–H groups in total. The molecule has 1 aliphatic rings. The second-order valence-corrected chi connectivity index (χ2v) is 9.13. The first-order valence-electron chi connectivity index (χ1n) is 12.7. The van der Waals surface area contributed by atoms with Crippen molar-refractivity contribution >= 4 is 16.8 Å². The molecule has 0 radical (unpaired) electrons. The SMILES string of the molecule is CCC.CCc1cc(-c2cc(Oc3ccc4c(C)nn(C)c4c3)ccn2)ccc1C(=O)NC1CNC1. The fraction of sp³-hybridized carbons (Fsp3) is 0.345. The molecule has 188 valence electrons. The van der Waals surface area contributed by atoms with E-state index in [1.165, 1.54) is 6.42 Å². The maximum absolute atomic E-state index is 12.7. The van der Waals surface area contributed by atoms with Crippen LogP contribution in [0.1, 0.15) is 48.8 Å². The number of hydrogen-bond donors (Lipinski definition) is 2. The lowest BCUT2D eigenvalue weighted by atomic mass is 9.99. The number of hydrogen-bond acceptors (Lipinski definition) is 5. The first-order chi connectivity index (χ1) is 17.4. The van der Waals surface area contributed by atoms with Crippen LogP contribution in [-0.4, -0.2) is 39.8 Å². The molecular weight excluding hydrogens is 450 g/mol. The van der Waals surface area contributed by atoms with Crippen molar-refractivity contribution < 1.29 is 9.53 Å². The second-order valence-electron chi connectivity index (χ2n) is 9.13. The molecule has 0 unspecified atom stereocenters. The molecule has 0 aliphatic carbocycles. The predicted octanol–water partition coefficient (Wildman–Crippen LogP) is 5.42. The van der Waals surface area contributed by atoms with Crippen molar-refractivity contribution in [2.24, 2.45) is 7.05 Å². The van der Waals surface area contributed by atoms with E-state index in [0.29, 0.717) is 5.75 Å². The van der Waals surface area contributed by atoms with E-state index in [2.05, 4.69) is 41.5 Å². The van der Waals surface area contributed by atoms with E-state index in [-0.39, 0.29) is 11.9 Å². The fourth-order valence-electron chi connectivity index (χ4n) is 4.17. The predicted molar refractivity (Wildman–Crippen MR) is 145 cm³/mol. The molecule has 1 amide bonds. The first-order valence-corrected chi connectivity index (χ1v) is 12.7. The number of pyridine rings is 1. The number of nitrogens with one attached hydrogen (secondary N) is 2. The lowest BCUT2D eigenvalue weighted by Gasteiger charge is -2.28. The minimum absolute atomic E-state index is 0.0178. The van der Waals surface area contributed by atoms with Crippen LogP contribution >= 0.6 is 0 Å². The van der Waals surface area contributed by atoms with Gasteiger partial charge in [0.1, 0.15) is 11.5 Å². The summed E-state index contributed by atoms with van der Waals surface area (Å²) >= 11 is 0. The third-order valence-corrected chi connectivity index (χ3v) is 6.12. The lowest BCUT2D eigenvalue weighted by molar-refractivity contribution is 0.0923. The molecule has 7 heteroatoms. The number of benzene rings is 2. The average Bonchev–Trinajstić information content (AvgIpc) is 3.14. The first kappa shape index (κ1) is 25.4. The van der Waals surface area contributed by atoms with E-state index >= 15 is 0 Å². The van der Waals surface area contributed by atoms with E-state index in [1.54, 1.807) is 6.20 Å². The summed E-state index contributed by atoms with van der Waals surface area (Å²) in [7, 11) is 1.93. The third-order valence-electron chi connectivity index (χ3n) is 6.12. The molecule has 36 heavy (non-hydrogen) atoms. The Balaban J connectivity index is 0.000000967. The summed E-state index contributed by atoms with van der Waals surface area (Å²) in [5, 5.41) is 11.8. The number of nitrogens with zero attached hydrogens (tertiary/aromatic N) is 3. The lowest BCUT2D eigenvalue weighted by Crippen LogP contribution is -2.57. The number of amides is 1. The summed E-state index contributed by atoms with van der Waals surface area (Å²) in [4.78, 5) is 17.2. The summed E-state index contributed by atoms with van der Waals surface area (Å²) in [5.74, 6) is 1.43. The van der Waals surface area contributed by atoms with Crippen LogP contribution in [-0.2, 0) is 13.5 Å². The van der Waals surface area contributed by atoms with Crippen LogP contribution in [0.2, 0.25) is 0 Å². The third kappa shape index (κ3) is 5.57. The number of rotatable bonds is 6. The van der Waals surface area contributed by atoms with Crippen molar-refractivity contribution in [1.29, 1.82) is 0 Å². The summed E-state index contributed by atoms with van der Waals surface area (Å²) < 4.78 is 8.00. The van der Waals surface area contributed by atoms with Gasteiger partial charge in [-0.2, -0.15) is 5.10 Å². The molecule has 0 spiro atoms. The van der Waals surface area contributed by atoms with Gasteiger partial charge in [0.15, 0.2) is 0 Å². The minimum atomic E-state index is -0.0178. The topological polar surface area (TPSA) is 81.1 Å². The van der Waals surface area contributed by atoms with E-state index in [0.717, 1.165) is 64.2 Å². The summed E-state index contributed by atoms with van der Waals surface area (Å²) in [6.45, 7) is 9.97. The number of fused-ring (bicyclic) bond motifs is 1. The zero-order valence-corrected chi connectivity index (χ0v) is 21.8. The Morgan fingerprint density at radius 1 is 1.08 bits per heavy atom. The van der Waals surface area contributed by atoms with Crippen molar-refractivity contribution in [3.8, 4) is 22.8 Å². The molecule has 1 aliphatic heterocycles. The smallest absolute Gasteiger partial charge is 0.251 e. The number of carbonyl (C=O) groups excluding carboxylic acids is 1. The fourth-order valence-corrected chi connectivity index (χ4v) is 4.17. The number of aryl methyl sites for hydroxylation is 3. The molecule has 0 saturated carbocycles. The van der Waals surface area contributed by atoms with Gasteiger partial charge in [-0.25, -0.2) is 0 Å². The van der Waals surface area contributed by atoms with E-state index in [9.17, 15) is 4.79 Å². The molecule has 0 atom stereocenters. The van der Waals surface area contributed by atoms with Gasteiger partial charge in [0.2, 0.25) is 0 Å². The Bertz CT molecular complexity index is 1360. The van der Waals surface area contributed by atoms with Crippen LogP contribution in [0.25, 0.3) is 22.2 Å². The van der Waals surface area contributed by atoms with E-state index in [4.69, 9.17) is 4.74 Å². The highest BCUT2D eigenvalue weighted by molar-refractivity contribution is 5.96. The highest BCUT2D eigenvalue weighted by Crippen LogP contribution is 2.29. The maximum atomic E-state index is 12.7. The molecule has 4 aromatic rings. The normalized spacial score (nSPS) is 13.0. The van der Waals surface area contributed by atoms with Crippen molar-refractivity contribution in [2.75, 3.05) is 13.1 Å². The molecule has 1 fully saturated rings. The summed E-state index contributed by atoms with van der Waals surface area (Å²) in [6, 6.07) is 15.9. The number of aromatic nitrogens is 3. The zero-order chi connectivity index (χ0) is 25.7. The molecule has 5 rings (SSSR count). The molecule has 2 aromatic carbocycles. The van der Waals surface area contributed by atoms with Gasteiger partial charge in [-0.1, -0.05) is 33.3 Å². The quantitative estimate of drug-likeness (QED) is 0.381. The highest BCUT2D eigenvalue weighted by atomic mass is 16.5. The van der Waals surface area contributed by atoms with Gasteiger partial charge < -0.3 is 15.4 Å². The van der Waals surface area contributed by atoms with Gasteiger partial charge in [-0.15, -0.1) is 0 Å². The molecule has 2 aromatic heterocycles. The van der Waals surface area contributed by atoms with E-state index in [1.807, 2.05) is 67.2 Å². The number of carbonyl (C=O) groups is 1. The van der Waals surface area contributed by atoms with Crippen molar-refractivity contribution in [1.82, 2.24) is 25.4 Å². The van der Waals surface area contributed by atoms with E-state index < -0.39 is 0 Å². The van der Waals surface area contributed by atoms with Crippen LogP contribution in [0.15, 0.2) is 54.7 Å². The molecular formula is C29H35N5O2. The minimum Gasteiger partial charge on any atom is -0.457 e. The van der Waals surface area contributed by atoms with Gasteiger partial charge in [0.05, 0.1) is 22.9 Å². The maximum Gasteiger partial charge on any atom is 0.251 e. The van der Waals surface area contributed by atoms with Crippen LogP contribution in [0.4, 0.5) is 0 Å². The largest absolute Gasteiger partial charge is 0.457 e.